The fourth-order valence-corrected chi connectivity index (χ4v) is 4.96. The molecule has 200 valence electrons. The van der Waals surface area contributed by atoms with E-state index in [2.05, 4.69) is 0 Å². The molecule has 0 spiro atoms. The number of hydrogen-bond donors (Lipinski definition) is 2. The van der Waals surface area contributed by atoms with Gasteiger partial charge in [0.15, 0.2) is 0 Å². The average Bonchev–Trinajstić information content (AvgIpc) is 3.03. The highest BCUT2D eigenvalue weighted by Gasteiger charge is 2.56. The van der Waals surface area contributed by atoms with Crippen LogP contribution < -0.4 is 0 Å². The van der Waals surface area contributed by atoms with Crippen molar-refractivity contribution in [3.63, 3.8) is 0 Å². The zero-order valence-electron chi connectivity index (χ0n) is 21.3. The van der Waals surface area contributed by atoms with Crippen LogP contribution in [0.1, 0.15) is 57.1 Å². The van der Waals surface area contributed by atoms with E-state index < -0.39 is 70.2 Å². The second-order valence-corrected chi connectivity index (χ2v) is 8.50. The van der Waals surface area contributed by atoms with Crippen molar-refractivity contribution in [1.29, 1.82) is 0 Å². The number of carbonyl (C=O) groups excluding carboxylic acids is 4. The molecule has 2 N–H and O–H groups in total. The first-order valence-electron chi connectivity index (χ1n) is 12.4. The van der Waals surface area contributed by atoms with Gasteiger partial charge in [0.05, 0.1) is 43.5 Å². The van der Waals surface area contributed by atoms with Crippen LogP contribution in [0.5, 0.6) is 0 Å². The van der Waals surface area contributed by atoms with Crippen LogP contribution >= 0.6 is 0 Å². The van der Waals surface area contributed by atoms with Gasteiger partial charge in [-0.2, -0.15) is 0 Å². The number of carbonyl (C=O) groups is 4. The highest BCUT2D eigenvalue weighted by atomic mass is 16.5. The van der Waals surface area contributed by atoms with Gasteiger partial charge in [-0.15, -0.1) is 0 Å². The summed E-state index contributed by atoms with van der Waals surface area (Å²) in [5.74, 6) is -11.0. The molecule has 2 bridgehead atoms. The summed E-state index contributed by atoms with van der Waals surface area (Å²) in [6.45, 7) is 6.34. The molecular weight excluding hydrogens is 484 g/mol. The number of esters is 4. The average molecular weight is 517 g/mol. The van der Waals surface area contributed by atoms with Gasteiger partial charge in [0.1, 0.15) is 23.4 Å². The van der Waals surface area contributed by atoms with Gasteiger partial charge in [0.2, 0.25) is 0 Å². The van der Waals surface area contributed by atoms with Gasteiger partial charge in [-0.3, -0.25) is 9.59 Å². The van der Waals surface area contributed by atoms with Gasteiger partial charge < -0.3 is 29.2 Å². The summed E-state index contributed by atoms with van der Waals surface area (Å²) in [6.07, 6.45) is 0.474. The van der Waals surface area contributed by atoms with E-state index in [0.717, 1.165) is 0 Å². The van der Waals surface area contributed by atoms with Crippen LogP contribution in [-0.2, 0) is 38.1 Å². The molecule has 0 amide bonds. The molecule has 0 saturated heterocycles. The molecule has 0 radical (unpaired) electrons. The minimum atomic E-state index is -1.57. The molecule has 0 unspecified atom stereocenters. The summed E-state index contributed by atoms with van der Waals surface area (Å²) in [4.78, 5) is 53.2. The Morgan fingerprint density at radius 3 is 1.62 bits per heavy atom. The SMILES string of the molecule is CCCOC(=O)C1=C(O)[C@@H](C(=O)OCC)[C@H]2c3ccccc3[C@H]1C(C(=O)OCC)=C(O)[C@H]2C(=O)OCC. The van der Waals surface area contributed by atoms with Crippen LogP contribution in [0.25, 0.3) is 0 Å². The monoisotopic (exact) mass is 516 g/mol. The summed E-state index contributed by atoms with van der Waals surface area (Å²) in [7, 11) is 0. The molecule has 1 aromatic carbocycles. The number of benzene rings is 1. The van der Waals surface area contributed by atoms with Crippen molar-refractivity contribution in [2.24, 2.45) is 11.8 Å². The lowest BCUT2D eigenvalue weighted by atomic mass is 9.74. The molecule has 2 aliphatic carbocycles. The predicted molar refractivity (Wildman–Crippen MR) is 129 cm³/mol. The maximum absolute atomic E-state index is 13.4. The molecule has 0 heterocycles. The minimum absolute atomic E-state index is 0.00731. The second-order valence-electron chi connectivity index (χ2n) is 8.50. The Labute approximate surface area is 214 Å². The maximum atomic E-state index is 13.4. The summed E-state index contributed by atoms with van der Waals surface area (Å²) >= 11 is 0. The molecular formula is C27H32O10. The van der Waals surface area contributed by atoms with E-state index >= 15 is 0 Å². The normalized spacial score (nSPS) is 22.5. The van der Waals surface area contributed by atoms with Crippen LogP contribution in [0.2, 0.25) is 0 Å². The molecule has 2 aliphatic rings. The lowest BCUT2D eigenvalue weighted by Crippen LogP contribution is -2.38. The molecule has 3 rings (SSSR count). The Bertz CT molecular complexity index is 1130. The summed E-state index contributed by atoms with van der Waals surface area (Å²) in [6, 6.07) is 6.50. The third-order valence-electron chi connectivity index (χ3n) is 6.34. The number of rotatable bonds is 9. The standard InChI is InChI=1S/C27H32O10/c1-5-13-37-27(33)21-17-15-12-10-9-11-14(15)16(19(23(21)29)25(31)35-7-3)18(24(30)34-6-2)22(28)20(17)26(32)36-8-4/h9-12,16-19,28-29H,5-8,13H2,1-4H3/t16-,17-,18-,19-/m0/s1. The van der Waals surface area contributed by atoms with Crippen LogP contribution in [-0.4, -0.2) is 60.5 Å². The van der Waals surface area contributed by atoms with Crippen LogP contribution in [0, 0.1) is 11.8 Å². The van der Waals surface area contributed by atoms with E-state index in [9.17, 15) is 29.4 Å². The van der Waals surface area contributed by atoms with E-state index in [4.69, 9.17) is 18.9 Å². The van der Waals surface area contributed by atoms with Crippen molar-refractivity contribution in [3.05, 3.63) is 58.1 Å². The van der Waals surface area contributed by atoms with E-state index in [0.29, 0.717) is 17.5 Å². The van der Waals surface area contributed by atoms with Gasteiger partial charge in [0, 0.05) is 5.92 Å². The number of ether oxygens (including phenoxy) is 4. The molecule has 0 aliphatic heterocycles. The van der Waals surface area contributed by atoms with E-state index in [1.54, 1.807) is 52.0 Å². The van der Waals surface area contributed by atoms with Crippen LogP contribution in [0.4, 0.5) is 0 Å². The van der Waals surface area contributed by atoms with Crippen molar-refractivity contribution in [1.82, 2.24) is 0 Å². The Morgan fingerprint density at radius 1 is 0.703 bits per heavy atom. The maximum Gasteiger partial charge on any atom is 0.338 e. The first kappa shape index (κ1) is 27.8. The Kier molecular flexibility index (Phi) is 8.96. The molecule has 37 heavy (non-hydrogen) atoms. The zero-order valence-corrected chi connectivity index (χ0v) is 21.3. The smallest absolute Gasteiger partial charge is 0.338 e. The van der Waals surface area contributed by atoms with Crippen molar-refractivity contribution in [2.45, 2.75) is 46.0 Å². The largest absolute Gasteiger partial charge is 0.511 e. The molecule has 4 atom stereocenters. The van der Waals surface area contributed by atoms with Crippen molar-refractivity contribution >= 4 is 23.9 Å². The third kappa shape index (κ3) is 5.05. The Morgan fingerprint density at radius 2 is 1.16 bits per heavy atom. The summed E-state index contributed by atoms with van der Waals surface area (Å²) in [5, 5.41) is 23.1. The van der Waals surface area contributed by atoms with Gasteiger partial charge in [0.25, 0.3) is 0 Å². The molecule has 0 fully saturated rings. The lowest BCUT2D eigenvalue weighted by Gasteiger charge is -2.32. The molecule has 0 aromatic heterocycles. The first-order valence-corrected chi connectivity index (χ1v) is 12.4. The molecule has 10 heteroatoms. The second kappa shape index (κ2) is 11.9. The highest BCUT2D eigenvalue weighted by molar-refractivity contribution is 6.01. The number of aliphatic hydroxyl groups excluding tert-OH is 2. The van der Waals surface area contributed by atoms with Gasteiger partial charge in [-0.05, 0) is 38.3 Å². The topological polar surface area (TPSA) is 146 Å². The fourth-order valence-electron chi connectivity index (χ4n) is 4.96. The summed E-state index contributed by atoms with van der Waals surface area (Å²) < 4.78 is 21.0. The number of aliphatic hydroxyl groups is 2. The van der Waals surface area contributed by atoms with E-state index in [-0.39, 0.29) is 26.4 Å². The van der Waals surface area contributed by atoms with Crippen LogP contribution in [0.3, 0.4) is 0 Å². The predicted octanol–water partition coefficient (Wildman–Crippen LogP) is 3.38. The molecule has 1 aromatic rings. The first-order chi connectivity index (χ1) is 17.7. The van der Waals surface area contributed by atoms with Gasteiger partial charge in [-0.25, -0.2) is 9.59 Å². The summed E-state index contributed by atoms with van der Waals surface area (Å²) in [5.41, 5.74) is -0.125. The Hall–Kier alpha value is -3.82. The van der Waals surface area contributed by atoms with E-state index in [1.807, 2.05) is 0 Å². The Balaban J connectivity index is 2.48. The minimum Gasteiger partial charge on any atom is -0.511 e. The van der Waals surface area contributed by atoms with Crippen molar-refractivity contribution < 1.29 is 48.3 Å². The van der Waals surface area contributed by atoms with Gasteiger partial charge in [-0.1, -0.05) is 31.2 Å². The fraction of sp³-hybridized carbons (Fsp3) is 0.481. The van der Waals surface area contributed by atoms with Gasteiger partial charge >= 0.3 is 23.9 Å². The highest BCUT2D eigenvalue weighted by Crippen LogP contribution is 2.54. The van der Waals surface area contributed by atoms with Crippen LogP contribution in [0.15, 0.2) is 46.9 Å². The molecule has 10 nitrogen and oxygen atoms in total. The third-order valence-corrected chi connectivity index (χ3v) is 6.34. The zero-order chi connectivity index (χ0) is 27.3. The van der Waals surface area contributed by atoms with Crippen molar-refractivity contribution in [2.75, 3.05) is 26.4 Å². The molecule has 0 saturated carbocycles. The quantitative estimate of drug-likeness (QED) is 0.370. The lowest BCUT2D eigenvalue weighted by molar-refractivity contribution is -0.153. The number of hydrogen-bond acceptors (Lipinski definition) is 10. The van der Waals surface area contributed by atoms with E-state index in [1.165, 1.54) is 0 Å². The van der Waals surface area contributed by atoms with Crippen molar-refractivity contribution in [3.8, 4) is 0 Å².